The van der Waals surface area contributed by atoms with Crippen LogP contribution in [0.15, 0.2) is 79.1 Å². The SMILES string of the molecule is Cc1nc(Oc2ccc(NC(=O)c3cccc(C(F)(F)F)c3)cc2)cc(-n2cccc2)n1. The number of halogens is 3. The van der Waals surface area contributed by atoms with E-state index >= 15 is 0 Å². The lowest BCUT2D eigenvalue weighted by Crippen LogP contribution is -2.13. The van der Waals surface area contributed by atoms with Crippen molar-refractivity contribution in [3.8, 4) is 17.4 Å². The van der Waals surface area contributed by atoms with Crippen molar-refractivity contribution in [1.82, 2.24) is 14.5 Å². The first kappa shape index (κ1) is 21.1. The topological polar surface area (TPSA) is 69.0 Å². The summed E-state index contributed by atoms with van der Waals surface area (Å²) < 4.78 is 46.2. The Morgan fingerprint density at radius 2 is 1.69 bits per heavy atom. The molecule has 4 aromatic rings. The molecule has 4 rings (SSSR count). The molecule has 0 aliphatic carbocycles. The second kappa shape index (κ2) is 8.54. The Morgan fingerprint density at radius 1 is 0.969 bits per heavy atom. The summed E-state index contributed by atoms with van der Waals surface area (Å²) in [4.78, 5) is 21.0. The van der Waals surface area contributed by atoms with E-state index in [4.69, 9.17) is 4.74 Å². The molecule has 162 valence electrons. The van der Waals surface area contributed by atoms with Crippen LogP contribution in [0.1, 0.15) is 21.7 Å². The zero-order valence-corrected chi connectivity index (χ0v) is 16.8. The number of ether oxygens (including phenoxy) is 1. The number of carbonyl (C=O) groups excluding carboxylic acids is 1. The van der Waals surface area contributed by atoms with Gasteiger partial charge in [0.15, 0.2) is 0 Å². The third-order valence-electron chi connectivity index (χ3n) is 4.46. The largest absolute Gasteiger partial charge is 0.439 e. The van der Waals surface area contributed by atoms with E-state index in [0.717, 1.165) is 12.1 Å². The zero-order chi connectivity index (χ0) is 22.7. The maximum absolute atomic E-state index is 12.9. The maximum atomic E-state index is 12.9. The second-order valence-electron chi connectivity index (χ2n) is 6.86. The summed E-state index contributed by atoms with van der Waals surface area (Å²) in [5.41, 5.74) is -0.561. The molecular formula is C23H17F3N4O2. The number of nitrogens with zero attached hydrogens (tertiary/aromatic N) is 3. The molecule has 2 aromatic heterocycles. The monoisotopic (exact) mass is 438 g/mol. The number of hydrogen-bond donors (Lipinski definition) is 1. The van der Waals surface area contributed by atoms with Gasteiger partial charge in [-0.15, -0.1) is 0 Å². The minimum absolute atomic E-state index is 0.0887. The first-order chi connectivity index (χ1) is 15.3. The Hall–Kier alpha value is -4.14. The number of aryl methyl sites for hydroxylation is 1. The maximum Gasteiger partial charge on any atom is 0.416 e. The summed E-state index contributed by atoms with van der Waals surface area (Å²) in [7, 11) is 0. The smallest absolute Gasteiger partial charge is 0.416 e. The Balaban J connectivity index is 1.46. The minimum Gasteiger partial charge on any atom is -0.439 e. The van der Waals surface area contributed by atoms with Crippen molar-refractivity contribution >= 4 is 11.6 Å². The average Bonchev–Trinajstić information content (AvgIpc) is 3.29. The molecule has 0 aliphatic heterocycles. The molecular weight excluding hydrogens is 421 g/mol. The molecule has 2 heterocycles. The lowest BCUT2D eigenvalue weighted by atomic mass is 10.1. The highest BCUT2D eigenvalue weighted by atomic mass is 19.4. The normalized spacial score (nSPS) is 11.2. The van der Waals surface area contributed by atoms with Crippen LogP contribution in [0.4, 0.5) is 18.9 Å². The molecule has 0 spiro atoms. The number of amides is 1. The molecule has 0 bridgehead atoms. The summed E-state index contributed by atoms with van der Waals surface area (Å²) in [5, 5.41) is 2.57. The van der Waals surface area contributed by atoms with E-state index in [1.807, 2.05) is 29.1 Å². The lowest BCUT2D eigenvalue weighted by Gasteiger charge is -2.11. The highest BCUT2D eigenvalue weighted by Gasteiger charge is 2.30. The number of benzene rings is 2. The van der Waals surface area contributed by atoms with Crippen molar-refractivity contribution in [2.45, 2.75) is 13.1 Å². The average molecular weight is 438 g/mol. The number of aromatic nitrogens is 3. The van der Waals surface area contributed by atoms with Crippen LogP contribution in [0.3, 0.4) is 0 Å². The molecule has 2 aromatic carbocycles. The van der Waals surface area contributed by atoms with Crippen LogP contribution in [0.5, 0.6) is 11.6 Å². The van der Waals surface area contributed by atoms with Crippen LogP contribution in [0.25, 0.3) is 5.82 Å². The van der Waals surface area contributed by atoms with E-state index in [1.54, 1.807) is 37.3 Å². The van der Waals surface area contributed by atoms with Gasteiger partial charge in [0.1, 0.15) is 17.4 Å². The van der Waals surface area contributed by atoms with Crippen LogP contribution in [-0.2, 0) is 6.18 Å². The van der Waals surface area contributed by atoms with Crippen LogP contribution < -0.4 is 10.1 Å². The molecule has 0 fully saturated rings. The van der Waals surface area contributed by atoms with Crippen LogP contribution in [-0.4, -0.2) is 20.4 Å². The van der Waals surface area contributed by atoms with Crippen LogP contribution in [0.2, 0.25) is 0 Å². The Kier molecular flexibility index (Phi) is 5.63. The lowest BCUT2D eigenvalue weighted by molar-refractivity contribution is -0.137. The third-order valence-corrected chi connectivity index (χ3v) is 4.46. The van der Waals surface area contributed by atoms with E-state index in [1.165, 1.54) is 12.1 Å². The molecule has 9 heteroatoms. The van der Waals surface area contributed by atoms with Gasteiger partial charge in [0, 0.05) is 29.7 Å². The van der Waals surface area contributed by atoms with Crippen molar-refractivity contribution in [2.75, 3.05) is 5.32 Å². The quantitative estimate of drug-likeness (QED) is 0.438. The first-order valence-electron chi connectivity index (χ1n) is 9.53. The van der Waals surface area contributed by atoms with Crippen LogP contribution in [0, 0.1) is 6.92 Å². The molecule has 6 nitrogen and oxygen atoms in total. The molecule has 32 heavy (non-hydrogen) atoms. The fraction of sp³-hybridized carbons (Fsp3) is 0.0870. The zero-order valence-electron chi connectivity index (χ0n) is 16.8. The summed E-state index contributed by atoms with van der Waals surface area (Å²) in [6, 6.07) is 16.1. The van der Waals surface area contributed by atoms with Gasteiger partial charge in [-0.2, -0.15) is 18.2 Å². The van der Waals surface area contributed by atoms with Gasteiger partial charge in [-0.1, -0.05) is 6.07 Å². The Morgan fingerprint density at radius 3 is 2.38 bits per heavy atom. The standard InChI is InChI=1S/C23H17F3N4O2/c1-15-27-20(30-11-2-3-12-30)14-21(28-15)32-19-9-7-18(8-10-19)29-22(31)16-5-4-6-17(13-16)23(24,25)26/h2-14H,1H3,(H,29,31). The Bertz CT molecular complexity index is 1240. The number of alkyl halides is 3. The predicted octanol–water partition coefficient (Wildman–Crippen LogP) is 5.64. The van der Waals surface area contributed by atoms with Gasteiger partial charge in [-0.05, 0) is 61.5 Å². The first-order valence-corrected chi connectivity index (χ1v) is 9.53. The molecule has 0 radical (unpaired) electrons. The molecule has 1 N–H and O–H groups in total. The molecule has 1 amide bonds. The van der Waals surface area contributed by atoms with Gasteiger partial charge >= 0.3 is 6.18 Å². The van der Waals surface area contributed by atoms with Gasteiger partial charge in [0.05, 0.1) is 5.56 Å². The minimum atomic E-state index is -4.52. The summed E-state index contributed by atoms with van der Waals surface area (Å²) >= 11 is 0. The van der Waals surface area contributed by atoms with Crippen molar-refractivity contribution in [3.63, 3.8) is 0 Å². The molecule has 0 unspecified atom stereocenters. The van der Waals surface area contributed by atoms with Crippen molar-refractivity contribution in [3.05, 3.63) is 96.1 Å². The molecule has 0 saturated carbocycles. The summed E-state index contributed by atoms with van der Waals surface area (Å²) in [5.74, 6) is 1.37. The van der Waals surface area contributed by atoms with Crippen molar-refractivity contribution in [2.24, 2.45) is 0 Å². The van der Waals surface area contributed by atoms with Gasteiger partial charge < -0.3 is 14.6 Å². The van der Waals surface area contributed by atoms with E-state index < -0.39 is 17.6 Å². The number of hydrogen-bond acceptors (Lipinski definition) is 4. The van der Waals surface area contributed by atoms with Crippen molar-refractivity contribution in [1.29, 1.82) is 0 Å². The second-order valence-corrected chi connectivity index (χ2v) is 6.86. The Labute approximate surface area is 181 Å². The highest BCUT2D eigenvalue weighted by molar-refractivity contribution is 6.04. The van der Waals surface area contributed by atoms with Crippen molar-refractivity contribution < 1.29 is 22.7 Å². The summed E-state index contributed by atoms with van der Waals surface area (Å²) in [6.07, 6.45) is -0.809. The van der Waals surface area contributed by atoms with E-state index in [-0.39, 0.29) is 5.56 Å². The van der Waals surface area contributed by atoms with Gasteiger partial charge in [-0.25, -0.2) is 4.98 Å². The number of nitrogens with one attached hydrogen (secondary N) is 1. The fourth-order valence-corrected chi connectivity index (χ4v) is 2.96. The van der Waals surface area contributed by atoms with E-state index in [9.17, 15) is 18.0 Å². The number of carbonyl (C=O) groups is 1. The van der Waals surface area contributed by atoms with E-state index in [0.29, 0.717) is 29.0 Å². The molecule has 0 saturated heterocycles. The molecule has 0 atom stereocenters. The van der Waals surface area contributed by atoms with Crippen LogP contribution >= 0.6 is 0 Å². The fourth-order valence-electron chi connectivity index (χ4n) is 2.96. The molecule has 0 aliphatic rings. The number of anilines is 1. The third kappa shape index (κ3) is 4.94. The predicted molar refractivity (Wildman–Crippen MR) is 112 cm³/mol. The van der Waals surface area contributed by atoms with Gasteiger partial charge in [-0.3, -0.25) is 4.79 Å². The summed E-state index contributed by atoms with van der Waals surface area (Å²) in [6.45, 7) is 1.76. The number of rotatable bonds is 5. The van der Waals surface area contributed by atoms with Gasteiger partial charge in [0.25, 0.3) is 5.91 Å². The van der Waals surface area contributed by atoms with Gasteiger partial charge in [0.2, 0.25) is 5.88 Å². The highest BCUT2D eigenvalue weighted by Crippen LogP contribution is 2.30. The van der Waals surface area contributed by atoms with E-state index in [2.05, 4.69) is 15.3 Å².